The Morgan fingerprint density at radius 3 is 1.84 bits per heavy atom. The molecule has 0 fully saturated rings. The number of aromatic nitrogens is 2. The first kappa shape index (κ1) is 34.8. The van der Waals surface area contributed by atoms with Gasteiger partial charge in [-0.25, -0.2) is 4.98 Å². The van der Waals surface area contributed by atoms with Crippen molar-refractivity contribution in [2.45, 2.75) is 26.2 Å². The van der Waals surface area contributed by atoms with E-state index >= 15 is 0 Å². The number of rotatable bonds is 8. The summed E-state index contributed by atoms with van der Waals surface area (Å²) in [7, 11) is 0. The third kappa shape index (κ3) is 6.98. The van der Waals surface area contributed by atoms with Gasteiger partial charge in [0.2, 0.25) is 0 Å². The van der Waals surface area contributed by atoms with Crippen molar-refractivity contribution in [3.63, 3.8) is 0 Å². The number of benzene rings is 8. The van der Waals surface area contributed by atoms with Crippen molar-refractivity contribution in [3.05, 3.63) is 218 Å². The molecule has 10 aromatic rings. The molecule has 0 unspecified atom stereocenters. The van der Waals surface area contributed by atoms with Gasteiger partial charge in [0.05, 0.1) is 32.2 Å². The molecule has 3 heterocycles. The first-order valence-corrected chi connectivity index (χ1v) is 21.4. The maximum absolute atomic E-state index is 9.33. The monoisotopic (exact) mass is 817 g/mol. The summed E-state index contributed by atoms with van der Waals surface area (Å²) in [6, 6.07) is 66.3. The first-order chi connectivity index (χ1) is 32.1. The fourth-order valence-corrected chi connectivity index (χ4v) is 8.92. The summed E-state index contributed by atoms with van der Waals surface area (Å²) in [6.07, 6.45) is -0.0495. The van der Waals surface area contributed by atoms with E-state index in [-0.39, 0.29) is 29.5 Å². The fraction of sp³-hybridized carbons (Fsp3) is 0.0862. The van der Waals surface area contributed by atoms with Crippen LogP contribution in [-0.2, 0) is 5.41 Å². The lowest BCUT2D eigenvalue weighted by molar-refractivity contribution is 0.483. The zero-order chi connectivity index (χ0) is 45.1. The van der Waals surface area contributed by atoms with Crippen LogP contribution in [0.1, 0.15) is 30.4 Å². The number of para-hydroxylation sites is 4. The second-order valence-corrected chi connectivity index (χ2v) is 17.1. The van der Waals surface area contributed by atoms with Gasteiger partial charge < -0.3 is 14.5 Å². The van der Waals surface area contributed by atoms with E-state index in [1.54, 1.807) is 0 Å². The minimum Gasteiger partial charge on any atom is -0.457 e. The number of fused-ring (bicyclic) bond motifs is 4. The summed E-state index contributed by atoms with van der Waals surface area (Å²) < 4.78 is 36.3. The van der Waals surface area contributed by atoms with E-state index in [1.165, 1.54) is 0 Å². The fourth-order valence-electron chi connectivity index (χ4n) is 8.92. The van der Waals surface area contributed by atoms with Crippen molar-refractivity contribution < 1.29 is 8.85 Å². The number of anilines is 4. The van der Waals surface area contributed by atoms with Crippen LogP contribution < -0.4 is 14.5 Å². The summed E-state index contributed by atoms with van der Waals surface area (Å²) in [4.78, 5) is 9.52. The van der Waals surface area contributed by atoms with Crippen LogP contribution in [0, 0.1) is 0 Å². The Morgan fingerprint density at radius 2 is 1.13 bits per heavy atom. The first-order valence-electron chi connectivity index (χ1n) is 22.9. The molecule has 5 heteroatoms. The van der Waals surface area contributed by atoms with Crippen molar-refractivity contribution in [2.75, 3.05) is 16.5 Å². The van der Waals surface area contributed by atoms with E-state index in [1.807, 2.05) is 83.4 Å². The van der Waals surface area contributed by atoms with E-state index in [4.69, 9.17) is 11.1 Å². The number of pyridine rings is 1. The summed E-state index contributed by atoms with van der Waals surface area (Å²) in [5.74, 6) is 1.51. The molecule has 0 spiro atoms. The summed E-state index contributed by atoms with van der Waals surface area (Å²) in [5, 5.41) is 1.93. The molecule has 2 aromatic heterocycles. The predicted molar refractivity (Wildman–Crippen MR) is 262 cm³/mol. The smallest absolute Gasteiger partial charge is 0.137 e. The van der Waals surface area contributed by atoms with Gasteiger partial charge in [-0.15, -0.1) is 0 Å². The Morgan fingerprint density at radius 1 is 0.508 bits per heavy atom. The van der Waals surface area contributed by atoms with E-state index in [2.05, 4.69) is 146 Å². The van der Waals surface area contributed by atoms with E-state index in [0.717, 1.165) is 72.4 Å². The maximum Gasteiger partial charge on any atom is 0.137 e. The lowest BCUT2D eigenvalue weighted by Gasteiger charge is -2.27. The van der Waals surface area contributed by atoms with Crippen molar-refractivity contribution in [3.8, 4) is 50.7 Å². The number of hydrogen-bond donors (Lipinski definition) is 0. The Bertz CT molecular complexity index is 3400. The standard InChI is InChI=1S/C58H46N4O/c1-58(2,3)44-31-28-40(29-32-44)43-30-35-56(59-38-43)62-52-25-11-10-22-50(52)51-34-33-47(37-55(51)62)63-46-21-14-20-45(36-46)60-39-61(54-27-13-12-26-53(54)60)57-48(41-16-6-4-7-17-41)23-15-24-49(57)42-18-8-5-9-19-42/h4-38H,39H2,1-3H3/i30D,35D,38D. The molecule has 0 saturated heterocycles. The molecule has 1 aliphatic rings. The normalized spacial score (nSPS) is 13.2. The molecule has 0 saturated carbocycles. The molecule has 11 rings (SSSR count). The second kappa shape index (κ2) is 15.5. The highest BCUT2D eigenvalue weighted by Crippen LogP contribution is 2.50. The average Bonchev–Trinajstić information content (AvgIpc) is 3.89. The third-order valence-corrected chi connectivity index (χ3v) is 12.1. The molecule has 5 nitrogen and oxygen atoms in total. The molecule has 0 amide bonds. The van der Waals surface area contributed by atoms with Gasteiger partial charge in [-0.3, -0.25) is 4.57 Å². The highest BCUT2D eigenvalue weighted by atomic mass is 16.5. The SMILES string of the molecule is [2H]c1nc(-n2c3ccccc3c3ccc(Oc4cccc(N5CN(c6c(-c7ccccc7)cccc6-c6ccccc6)c6ccccc65)c4)cc32)c([2H])c([2H])c1-c1ccc(C(C)(C)C)cc1. The topological polar surface area (TPSA) is 33.5 Å². The highest BCUT2D eigenvalue weighted by Gasteiger charge is 2.31. The van der Waals surface area contributed by atoms with Crippen LogP contribution in [0.2, 0.25) is 0 Å². The molecule has 0 bridgehead atoms. The Hall–Kier alpha value is -7.89. The Labute approximate surface area is 373 Å². The minimum atomic E-state index is -0.0511. The molecule has 304 valence electrons. The molecule has 63 heavy (non-hydrogen) atoms. The summed E-state index contributed by atoms with van der Waals surface area (Å²) in [6.45, 7) is 7.04. The number of nitrogens with zero attached hydrogens (tertiary/aromatic N) is 4. The predicted octanol–water partition coefficient (Wildman–Crippen LogP) is 15.5. The molecule has 0 aliphatic carbocycles. The van der Waals surface area contributed by atoms with Gasteiger partial charge >= 0.3 is 0 Å². The molecular weight excluding hydrogens is 769 g/mol. The molecular formula is C58H46N4O. The van der Waals surface area contributed by atoms with Crippen molar-refractivity contribution in [1.29, 1.82) is 0 Å². The van der Waals surface area contributed by atoms with Gasteiger partial charge in [-0.05, 0) is 82.2 Å². The lowest BCUT2D eigenvalue weighted by atomic mass is 9.86. The minimum absolute atomic E-state index is 0.0365. The second-order valence-electron chi connectivity index (χ2n) is 17.1. The molecule has 8 aromatic carbocycles. The summed E-state index contributed by atoms with van der Waals surface area (Å²) in [5.41, 5.74) is 12.7. The van der Waals surface area contributed by atoms with Gasteiger partial charge in [0.15, 0.2) is 0 Å². The van der Waals surface area contributed by atoms with Crippen LogP contribution in [-0.4, -0.2) is 16.2 Å². The Balaban J connectivity index is 0.961. The van der Waals surface area contributed by atoms with Crippen LogP contribution in [0.4, 0.5) is 22.7 Å². The Kier molecular flexibility index (Phi) is 8.58. The van der Waals surface area contributed by atoms with Crippen LogP contribution in [0.25, 0.3) is 61.0 Å². The molecule has 0 radical (unpaired) electrons. The van der Waals surface area contributed by atoms with Crippen LogP contribution in [0.5, 0.6) is 11.5 Å². The third-order valence-electron chi connectivity index (χ3n) is 12.1. The van der Waals surface area contributed by atoms with Gasteiger partial charge in [-0.1, -0.05) is 160 Å². The quantitative estimate of drug-likeness (QED) is 0.153. The molecule has 0 atom stereocenters. The zero-order valence-electron chi connectivity index (χ0n) is 38.4. The van der Waals surface area contributed by atoms with Gasteiger partial charge in [0.25, 0.3) is 0 Å². The van der Waals surface area contributed by atoms with E-state index in [9.17, 15) is 2.74 Å². The molecule has 1 aliphatic heterocycles. The van der Waals surface area contributed by atoms with Gasteiger partial charge in [0, 0.05) is 51.5 Å². The summed E-state index contributed by atoms with van der Waals surface area (Å²) >= 11 is 0. The van der Waals surface area contributed by atoms with Crippen molar-refractivity contribution in [2.24, 2.45) is 0 Å². The van der Waals surface area contributed by atoms with Gasteiger partial charge in [-0.2, -0.15) is 0 Å². The van der Waals surface area contributed by atoms with Crippen LogP contribution in [0.15, 0.2) is 212 Å². The lowest BCUT2D eigenvalue weighted by Crippen LogP contribution is -2.24. The van der Waals surface area contributed by atoms with E-state index in [0.29, 0.717) is 29.3 Å². The largest absolute Gasteiger partial charge is 0.457 e. The maximum atomic E-state index is 9.33. The molecule has 0 N–H and O–H groups in total. The number of hydrogen-bond acceptors (Lipinski definition) is 4. The van der Waals surface area contributed by atoms with Crippen LogP contribution >= 0.6 is 0 Å². The highest BCUT2D eigenvalue weighted by molar-refractivity contribution is 6.09. The van der Waals surface area contributed by atoms with Crippen molar-refractivity contribution in [1.82, 2.24) is 9.55 Å². The van der Waals surface area contributed by atoms with Crippen molar-refractivity contribution >= 4 is 44.6 Å². The van der Waals surface area contributed by atoms with Gasteiger partial charge in [0.1, 0.15) is 24.0 Å². The van der Waals surface area contributed by atoms with Crippen LogP contribution in [0.3, 0.4) is 0 Å². The number of ether oxygens (including phenoxy) is 1. The zero-order valence-corrected chi connectivity index (χ0v) is 35.4. The average molecular weight is 818 g/mol. The van der Waals surface area contributed by atoms with E-state index < -0.39 is 0 Å².